The van der Waals surface area contributed by atoms with Crippen molar-refractivity contribution in [3.63, 3.8) is 0 Å². The summed E-state index contributed by atoms with van der Waals surface area (Å²) in [4.78, 5) is 0. The summed E-state index contributed by atoms with van der Waals surface area (Å²) in [5, 5.41) is 3.00. The largest absolute Gasteiger partial charge is 0.197 e. The van der Waals surface area contributed by atoms with Crippen LogP contribution in [0.1, 0.15) is 95.0 Å². The molecule has 0 saturated carbocycles. The van der Waals surface area contributed by atoms with E-state index in [4.69, 9.17) is 0 Å². The summed E-state index contributed by atoms with van der Waals surface area (Å²) in [5.74, 6) is 1.03. The van der Waals surface area contributed by atoms with Gasteiger partial charge < -0.3 is 0 Å². The molecular formula is C29H37B. The minimum atomic E-state index is 0.0401. The number of rotatable bonds is 3. The van der Waals surface area contributed by atoms with Gasteiger partial charge in [0.05, 0.1) is 0 Å². The van der Waals surface area contributed by atoms with E-state index in [0.29, 0.717) is 18.5 Å². The van der Waals surface area contributed by atoms with Gasteiger partial charge in [0.2, 0.25) is 0 Å². The second-order valence-corrected chi connectivity index (χ2v) is 11.2. The lowest BCUT2D eigenvalue weighted by atomic mass is 9.16. The fourth-order valence-electron chi connectivity index (χ4n) is 6.50. The Bertz CT molecular complexity index is 1070. The van der Waals surface area contributed by atoms with Crippen molar-refractivity contribution in [3.8, 4) is 0 Å². The molecule has 0 aromatic heterocycles. The summed E-state index contributed by atoms with van der Waals surface area (Å²) in [6.07, 6.45) is 0. The number of aryl methyl sites for hydroxylation is 1. The van der Waals surface area contributed by atoms with Gasteiger partial charge in [-0.1, -0.05) is 121 Å². The Kier molecular flexibility index (Phi) is 4.96. The highest BCUT2D eigenvalue weighted by atomic mass is 14.4. The van der Waals surface area contributed by atoms with Crippen LogP contribution in [0.25, 0.3) is 10.8 Å². The molecule has 1 aliphatic rings. The van der Waals surface area contributed by atoms with Gasteiger partial charge in [-0.25, -0.2) is 0 Å². The zero-order valence-electron chi connectivity index (χ0n) is 20.4. The van der Waals surface area contributed by atoms with Crippen LogP contribution in [0.3, 0.4) is 0 Å². The molecule has 30 heavy (non-hydrogen) atoms. The lowest BCUT2D eigenvalue weighted by molar-refractivity contribution is 0.634. The Labute approximate surface area is 184 Å². The van der Waals surface area contributed by atoms with Crippen LogP contribution in [-0.4, -0.2) is 6.71 Å². The molecule has 3 aromatic carbocycles. The second-order valence-electron chi connectivity index (χ2n) is 11.2. The van der Waals surface area contributed by atoms with Gasteiger partial charge in [0.1, 0.15) is 0 Å². The van der Waals surface area contributed by atoms with Crippen molar-refractivity contribution in [3.05, 3.63) is 76.3 Å². The number of benzene rings is 3. The van der Waals surface area contributed by atoms with Gasteiger partial charge in [0, 0.05) is 0 Å². The molecule has 0 fully saturated rings. The van der Waals surface area contributed by atoms with Crippen molar-refractivity contribution < 1.29 is 0 Å². The predicted molar refractivity (Wildman–Crippen MR) is 135 cm³/mol. The minimum Gasteiger partial charge on any atom is -0.0714 e. The Morgan fingerprint density at radius 1 is 0.667 bits per heavy atom. The molecule has 0 saturated heterocycles. The maximum atomic E-state index is 2.49. The normalized spacial score (nSPS) is 17.2. The quantitative estimate of drug-likeness (QED) is 0.404. The SMILES string of the molecule is Cc1ccc2c3c(cccc13)C(C)(C)B(c1c(C(C)C)cccc1C(C)C)C2(C)C. The third kappa shape index (κ3) is 2.88. The summed E-state index contributed by atoms with van der Waals surface area (Å²) >= 11 is 0. The van der Waals surface area contributed by atoms with Gasteiger partial charge in [-0.05, 0) is 56.9 Å². The van der Waals surface area contributed by atoms with Gasteiger partial charge in [-0.15, -0.1) is 0 Å². The molecule has 0 atom stereocenters. The van der Waals surface area contributed by atoms with E-state index in [1.807, 2.05) is 0 Å². The molecular weight excluding hydrogens is 359 g/mol. The third-order valence-corrected chi connectivity index (χ3v) is 7.80. The molecule has 0 spiro atoms. The van der Waals surface area contributed by atoms with Crippen LogP contribution in [0, 0.1) is 6.92 Å². The summed E-state index contributed by atoms with van der Waals surface area (Å²) in [5.41, 5.74) is 9.05. The summed E-state index contributed by atoms with van der Waals surface area (Å²) < 4.78 is 0. The topological polar surface area (TPSA) is 0 Å². The van der Waals surface area contributed by atoms with Crippen molar-refractivity contribution in [2.24, 2.45) is 0 Å². The lowest BCUT2D eigenvalue weighted by Crippen LogP contribution is -2.62. The lowest BCUT2D eigenvalue weighted by Gasteiger charge is -2.50. The van der Waals surface area contributed by atoms with E-state index in [2.05, 4.69) is 111 Å². The van der Waals surface area contributed by atoms with Gasteiger partial charge in [-0.3, -0.25) is 0 Å². The standard InChI is InChI=1S/C29H37B/c1-18(2)21-12-10-13-22(19(3)4)27(21)30-28(6,7)24-15-11-14-23-20(5)16-17-25(26(23)24)29(30,8)9/h10-19H,1-9H3. The van der Waals surface area contributed by atoms with Gasteiger partial charge in [0.25, 0.3) is 0 Å². The van der Waals surface area contributed by atoms with Crippen LogP contribution in [0.4, 0.5) is 0 Å². The highest BCUT2D eigenvalue weighted by molar-refractivity contribution is 6.80. The molecule has 0 radical (unpaired) electrons. The van der Waals surface area contributed by atoms with Crippen LogP contribution < -0.4 is 5.46 Å². The minimum absolute atomic E-state index is 0.0401. The molecule has 0 amide bonds. The van der Waals surface area contributed by atoms with Gasteiger partial charge in [-0.2, -0.15) is 0 Å². The molecule has 4 rings (SSSR count). The van der Waals surface area contributed by atoms with E-state index in [9.17, 15) is 0 Å². The van der Waals surface area contributed by atoms with Crippen LogP contribution in [0.5, 0.6) is 0 Å². The van der Waals surface area contributed by atoms with E-state index in [1.165, 1.54) is 38.6 Å². The second kappa shape index (κ2) is 7.01. The van der Waals surface area contributed by atoms with Crippen LogP contribution >= 0.6 is 0 Å². The number of hydrogen-bond donors (Lipinski definition) is 0. The van der Waals surface area contributed by atoms with Crippen molar-refractivity contribution in [2.45, 2.75) is 84.8 Å². The van der Waals surface area contributed by atoms with Crippen LogP contribution in [-0.2, 0) is 10.6 Å². The highest BCUT2D eigenvalue weighted by Gasteiger charge is 2.52. The summed E-state index contributed by atoms with van der Waals surface area (Å²) in [7, 11) is 0. The Morgan fingerprint density at radius 2 is 1.17 bits per heavy atom. The fourth-order valence-corrected chi connectivity index (χ4v) is 6.50. The van der Waals surface area contributed by atoms with E-state index in [0.717, 1.165) is 0 Å². The molecule has 0 nitrogen and oxygen atoms in total. The van der Waals surface area contributed by atoms with E-state index >= 15 is 0 Å². The van der Waals surface area contributed by atoms with E-state index in [-0.39, 0.29) is 10.6 Å². The zero-order valence-corrected chi connectivity index (χ0v) is 20.4. The van der Waals surface area contributed by atoms with E-state index in [1.54, 1.807) is 5.46 Å². The molecule has 1 aliphatic heterocycles. The molecule has 1 heteroatoms. The molecule has 3 aromatic rings. The average Bonchev–Trinajstić information content (AvgIpc) is 2.66. The van der Waals surface area contributed by atoms with Crippen molar-refractivity contribution in [2.75, 3.05) is 0 Å². The molecule has 0 aliphatic carbocycles. The van der Waals surface area contributed by atoms with Crippen LogP contribution in [0.15, 0.2) is 48.5 Å². The van der Waals surface area contributed by atoms with E-state index < -0.39 is 0 Å². The first kappa shape index (κ1) is 21.2. The fraction of sp³-hybridized carbons (Fsp3) is 0.448. The Morgan fingerprint density at radius 3 is 1.70 bits per heavy atom. The van der Waals surface area contributed by atoms with Crippen molar-refractivity contribution in [1.29, 1.82) is 0 Å². The predicted octanol–water partition coefficient (Wildman–Crippen LogP) is 7.44. The Hall–Kier alpha value is -2.02. The first-order chi connectivity index (χ1) is 14.0. The Balaban J connectivity index is 2.13. The highest BCUT2D eigenvalue weighted by Crippen LogP contribution is 2.49. The molecule has 0 unspecified atom stereocenters. The number of hydrogen-bond acceptors (Lipinski definition) is 0. The maximum Gasteiger partial charge on any atom is 0.197 e. The third-order valence-electron chi connectivity index (χ3n) is 7.80. The van der Waals surface area contributed by atoms with Crippen molar-refractivity contribution >= 4 is 22.9 Å². The molecule has 156 valence electrons. The van der Waals surface area contributed by atoms with Crippen LogP contribution in [0.2, 0.25) is 0 Å². The van der Waals surface area contributed by atoms with Crippen molar-refractivity contribution in [1.82, 2.24) is 0 Å². The molecule has 0 N–H and O–H groups in total. The summed E-state index contributed by atoms with van der Waals surface area (Å²) in [6.45, 7) is 22.0. The summed E-state index contributed by atoms with van der Waals surface area (Å²) in [6, 6.07) is 18.7. The molecule has 0 bridgehead atoms. The average molecular weight is 396 g/mol. The van der Waals surface area contributed by atoms with Gasteiger partial charge in [0.15, 0.2) is 6.71 Å². The first-order valence-corrected chi connectivity index (χ1v) is 11.7. The zero-order chi connectivity index (χ0) is 22.0. The van der Waals surface area contributed by atoms with Gasteiger partial charge >= 0.3 is 0 Å². The smallest absolute Gasteiger partial charge is 0.0714 e. The first-order valence-electron chi connectivity index (χ1n) is 11.7. The molecule has 1 heterocycles. The monoisotopic (exact) mass is 396 g/mol. The maximum absolute atomic E-state index is 2.49.